The van der Waals surface area contributed by atoms with Gasteiger partial charge in [-0.25, -0.2) is 4.79 Å². The van der Waals surface area contributed by atoms with Crippen molar-refractivity contribution in [3.05, 3.63) is 34.2 Å². The highest BCUT2D eigenvalue weighted by molar-refractivity contribution is 6.03. The first-order chi connectivity index (χ1) is 8.49. The molecule has 18 heavy (non-hydrogen) atoms. The first-order valence-electron chi connectivity index (χ1n) is 5.49. The summed E-state index contributed by atoms with van der Waals surface area (Å²) in [5.74, 6) is -1.64. The van der Waals surface area contributed by atoms with Gasteiger partial charge in [0.25, 0.3) is 5.56 Å². The summed E-state index contributed by atoms with van der Waals surface area (Å²) in [6.45, 7) is 0. The average molecular weight is 249 g/mol. The predicted octanol–water partition coefficient (Wildman–Crippen LogP) is 0.410. The van der Waals surface area contributed by atoms with E-state index in [2.05, 4.69) is 0 Å². The topological polar surface area (TPSA) is 93.4 Å². The van der Waals surface area contributed by atoms with Crippen LogP contribution in [0.4, 0.5) is 0 Å². The molecular weight excluding hydrogens is 238 g/mol. The summed E-state index contributed by atoms with van der Waals surface area (Å²) in [6.07, 6.45) is 1.46. The van der Waals surface area contributed by atoms with E-state index in [-0.39, 0.29) is 36.4 Å². The second-order valence-corrected chi connectivity index (χ2v) is 4.20. The maximum atomic E-state index is 11.7. The van der Waals surface area contributed by atoms with Gasteiger partial charge in [0.2, 0.25) is 0 Å². The Hall–Kier alpha value is -2.24. The normalized spacial score (nSPS) is 19.9. The highest BCUT2D eigenvalue weighted by atomic mass is 16.4. The Morgan fingerprint density at radius 1 is 1.28 bits per heavy atom. The third-order valence-corrected chi connectivity index (χ3v) is 2.96. The molecule has 1 N–H and O–H groups in total. The van der Waals surface area contributed by atoms with Gasteiger partial charge in [-0.15, -0.1) is 0 Å². The fourth-order valence-electron chi connectivity index (χ4n) is 2.03. The Morgan fingerprint density at radius 2 is 2.00 bits per heavy atom. The van der Waals surface area contributed by atoms with E-state index in [0.717, 1.165) is 16.8 Å². The maximum absolute atomic E-state index is 11.7. The van der Waals surface area contributed by atoms with Gasteiger partial charge in [-0.3, -0.25) is 14.4 Å². The van der Waals surface area contributed by atoms with Crippen molar-refractivity contribution in [2.45, 2.75) is 25.3 Å². The number of carbonyl (C=O) groups excluding carboxylic acids is 2. The Morgan fingerprint density at radius 3 is 2.61 bits per heavy atom. The van der Waals surface area contributed by atoms with Crippen molar-refractivity contribution in [1.82, 2.24) is 4.57 Å². The molecule has 0 aromatic carbocycles. The average Bonchev–Trinajstić information content (AvgIpc) is 2.30. The van der Waals surface area contributed by atoms with E-state index < -0.39 is 17.6 Å². The summed E-state index contributed by atoms with van der Waals surface area (Å²) in [5.41, 5.74) is -0.494. The van der Waals surface area contributed by atoms with Crippen LogP contribution in [0.15, 0.2) is 23.1 Å². The maximum Gasteiger partial charge on any atom is 0.337 e. The van der Waals surface area contributed by atoms with Gasteiger partial charge < -0.3 is 9.67 Å². The number of carboxylic acid groups (broad SMARTS) is 1. The smallest absolute Gasteiger partial charge is 0.337 e. The molecule has 1 unspecified atom stereocenters. The first-order valence-corrected chi connectivity index (χ1v) is 5.49. The number of Topliss-reactive ketones (excluding diaryl/α,β-unsaturated/α-hetero) is 2. The van der Waals surface area contributed by atoms with Crippen LogP contribution < -0.4 is 5.56 Å². The molecule has 1 aliphatic carbocycles. The number of hydrogen-bond acceptors (Lipinski definition) is 4. The highest BCUT2D eigenvalue weighted by Crippen LogP contribution is 2.22. The Kier molecular flexibility index (Phi) is 3.10. The SMILES string of the molecule is O=C1CCC(n2cc(C(=O)O)ccc2=O)C(=O)C1. The zero-order valence-corrected chi connectivity index (χ0v) is 9.46. The number of carbonyl (C=O) groups is 3. The molecule has 0 aliphatic heterocycles. The van der Waals surface area contributed by atoms with E-state index in [9.17, 15) is 19.2 Å². The van der Waals surface area contributed by atoms with Crippen LogP contribution in [-0.4, -0.2) is 27.2 Å². The summed E-state index contributed by atoms with van der Waals surface area (Å²) in [4.78, 5) is 45.3. The van der Waals surface area contributed by atoms with Crippen molar-refractivity contribution < 1.29 is 19.5 Å². The Balaban J connectivity index is 2.41. The Bertz CT molecular complexity index is 586. The van der Waals surface area contributed by atoms with Crippen molar-refractivity contribution in [3.63, 3.8) is 0 Å². The van der Waals surface area contributed by atoms with E-state index in [4.69, 9.17) is 5.11 Å². The monoisotopic (exact) mass is 249 g/mol. The second-order valence-electron chi connectivity index (χ2n) is 4.20. The van der Waals surface area contributed by atoms with Crippen LogP contribution in [0.25, 0.3) is 0 Å². The van der Waals surface area contributed by atoms with Gasteiger partial charge in [-0.05, 0) is 12.5 Å². The highest BCUT2D eigenvalue weighted by Gasteiger charge is 2.29. The van der Waals surface area contributed by atoms with Gasteiger partial charge in [-0.1, -0.05) is 0 Å². The van der Waals surface area contributed by atoms with Crippen molar-refractivity contribution >= 4 is 17.5 Å². The lowest BCUT2D eigenvalue weighted by Crippen LogP contribution is -2.34. The quantitative estimate of drug-likeness (QED) is 0.766. The molecule has 1 aromatic heterocycles. The molecule has 1 fully saturated rings. The van der Waals surface area contributed by atoms with E-state index in [1.807, 2.05) is 0 Å². The van der Waals surface area contributed by atoms with Crippen LogP contribution in [0.5, 0.6) is 0 Å². The lowest BCUT2D eigenvalue weighted by molar-refractivity contribution is -0.132. The van der Waals surface area contributed by atoms with Crippen LogP contribution in [-0.2, 0) is 9.59 Å². The van der Waals surface area contributed by atoms with Gasteiger partial charge in [0.1, 0.15) is 5.78 Å². The molecule has 94 valence electrons. The molecule has 0 bridgehead atoms. The molecule has 1 heterocycles. The summed E-state index contributed by atoms with van der Waals surface area (Å²) in [6, 6.07) is 1.58. The number of nitrogens with zero attached hydrogens (tertiary/aromatic N) is 1. The predicted molar refractivity (Wildman–Crippen MR) is 60.6 cm³/mol. The minimum atomic E-state index is -1.16. The molecule has 1 saturated carbocycles. The first kappa shape index (κ1) is 12.2. The van der Waals surface area contributed by atoms with Crippen LogP contribution in [0, 0.1) is 0 Å². The van der Waals surface area contributed by atoms with Gasteiger partial charge in [0.05, 0.1) is 18.0 Å². The molecule has 2 rings (SSSR count). The fourth-order valence-corrected chi connectivity index (χ4v) is 2.03. The van der Waals surface area contributed by atoms with Gasteiger partial charge in [0, 0.05) is 18.7 Å². The molecule has 1 atom stereocenters. The molecule has 6 heteroatoms. The molecule has 0 radical (unpaired) electrons. The second kappa shape index (κ2) is 4.56. The lowest BCUT2D eigenvalue weighted by Gasteiger charge is -2.22. The summed E-state index contributed by atoms with van der Waals surface area (Å²) < 4.78 is 1.11. The van der Waals surface area contributed by atoms with E-state index in [1.165, 1.54) is 6.07 Å². The van der Waals surface area contributed by atoms with Crippen molar-refractivity contribution in [1.29, 1.82) is 0 Å². The standard InChI is InChI=1S/C12H11NO5/c14-8-2-3-9(10(15)5-8)13-6-7(12(17)18)1-4-11(13)16/h1,4,6,9H,2-3,5H2,(H,17,18). The van der Waals surface area contributed by atoms with Crippen LogP contribution in [0.2, 0.25) is 0 Å². The van der Waals surface area contributed by atoms with Crippen molar-refractivity contribution in [3.8, 4) is 0 Å². The number of aromatic nitrogens is 1. The molecule has 1 aliphatic rings. The summed E-state index contributed by atoms with van der Waals surface area (Å²) in [7, 11) is 0. The minimum Gasteiger partial charge on any atom is -0.478 e. The molecule has 0 saturated heterocycles. The number of pyridine rings is 1. The lowest BCUT2D eigenvalue weighted by atomic mass is 9.92. The zero-order chi connectivity index (χ0) is 13.3. The van der Waals surface area contributed by atoms with Gasteiger partial charge in [0.15, 0.2) is 5.78 Å². The van der Waals surface area contributed by atoms with E-state index in [1.54, 1.807) is 0 Å². The molecule has 0 spiro atoms. The van der Waals surface area contributed by atoms with Crippen LogP contribution in [0.1, 0.15) is 35.7 Å². The summed E-state index contributed by atoms with van der Waals surface area (Å²) in [5, 5.41) is 8.85. The molecule has 0 amide bonds. The molecule has 6 nitrogen and oxygen atoms in total. The fraction of sp³-hybridized carbons (Fsp3) is 0.333. The third kappa shape index (κ3) is 2.22. The number of ketones is 2. The van der Waals surface area contributed by atoms with Crippen LogP contribution in [0.3, 0.4) is 0 Å². The number of carboxylic acids is 1. The van der Waals surface area contributed by atoms with Crippen molar-refractivity contribution in [2.75, 3.05) is 0 Å². The van der Waals surface area contributed by atoms with Crippen molar-refractivity contribution in [2.24, 2.45) is 0 Å². The molecular formula is C12H11NO5. The zero-order valence-electron chi connectivity index (χ0n) is 9.46. The number of hydrogen-bond donors (Lipinski definition) is 1. The Labute approximate surface area is 102 Å². The largest absolute Gasteiger partial charge is 0.478 e. The van der Waals surface area contributed by atoms with Crippen LogP contribution >= 0.6 is 0 Å². The van der Waals surface area contributed by atoms with E-state index >= 15 is 0 Å². The van der Waals surface area contributed by atoms with Gasteiger partial charge in [-0.2, -0.15) is 0 Å². The van der Waals surface area contributed by atoms with Gasteiger partial charge >= 0.3 is 5.97 Å². The third-order valence-electron chi connectivity index (χ3n) is 2.96. The number of rotatable bonds is 2. The van der Waals surface area contributed by atoms with E-state index in [0.29, 0.717) is 0 Å². The summed E-state index contributed by atoms with van der Waals surface area (Å²) >= 11 is 0. The minimum absolute atomic E-state index is 0.0562. The molecule has 1 aromatic rings. The number of aromatic carboxylic acids is 1.